The van der Waals surface area contributed by atoms with Crippen LogP contribution in [0.15, 0.2) is 30.3 Å². The number of benzene rings is 1. The van der Waals surface area contributed by atoms with E-state index in [4.69, 9.17) is 11.1 Å². The molecule has 5 N–H and O–H groups in total. The minimum atomic E-state index is -1.11. The van der Waals surface area contributed by atoms with Gasteiger partial charge in [0.05, 0.1) is 5.84 Å². The largest absolute Gasteiger partial charge is 0.616 e. The number of nitrogens with one attached hydrogen (secondary N) is 2. The van der Waals surface area contributed by atoms with Gasteiger partial charge in [-0.25, -0.2) is 0 Å². The lowest BCUT2D eigenvalue weighted by Gasteiger charge is -2.20. The van der Waals surface area contributed by atoms with Gasteiger partial charge in [-0.1, -0.05) is 36.8 Å². The van der Waals surface area contributed by atoms with Crippen LogP contribution in [0.25, 0.3) is 0 Å². The number of amidine groups is 1. The monoisotopic (exact) mass is 325 g/mol. The molecule has 0 aliphatic rings. The molecule has 6 heteroatoms. The Hall–Kier alpha value is -1.08. The molecule has 0 saturated heterocycles. The van der Waals surface area contributed by atoms with E-state index in [9.17, 15) is 9.66 Å². The van der Waals surface area contributed by atoms with Crippen LogP contribution in [0.1, 0.15) is 31.7 Å². The van der Waals surface area contributed by atoms with Crippen molar-refractivity contribution in [2.45, 2.75) is 44.1 Å². The van der Waals surface area contributed by atoms with Crippen LogP contribution in [0.3, 0.4) is 0 Å². The lowest BCUT2D eigenvalue weighted by Crippen LogP contribution is -2.39. The normalized spacial score (nSPS) is 15.1. The number of hydrogen-bond donors (Lipinski definition) is 4. The molecule has 0 heterocycles. The number of aliphatic hydroxyl groups is 1. The Kier molecular flexibility index (Phi) is 9.15. The van der Waals surface area contributed by atoms with Crippen molar-refractivity contribution in [1.29, 1.82) is 5.41 Å². The number of aliphatic hydroxyl groups excluding tert-OH is 1. The molecule has 0 bridgehead atoms. The van der Waals surface area contributed by atoms with Gasteiger partial charge in [0.2, 0.25) is 0 Å². The van der Waals surface area contributed by atoms with Crippen LogP contribution in [-0.4, -0.2) is 39.9 Å². The van der Waals surface area contributed by atoms with Gasteiger partial charge in [0.1, 0.15) is 17.6 Å². The molecule has 0 aliphatic carbocycles. The van der Waals surface area contributed by atoms with Crippen molar-refractivity contribution in [3.8, 4) is 0 Å². The van der Waals surface area contributed by atoms with Crippen LogP contribution in [0.5, 0.6) is 0 Å². The predicted octanol–water partition coefficient (Wildman–Crippen LogP) is 1.38. The second-order valence-electron chi connectivity index (χ2n) is 5.52. The fourth-order valence-corrected chi connectivity index (χ4v) is 3.42. The van der Waals surface area contributed by atoms with Gasteiger partial charge in [0.15, 0.2) is 0 Å². The Bertz CT molecular complexity index is 431. The van der Waals surface area contributed by atoms with Crippen molar-refractivity contribution in [2.75, 3.05) is 12.3 Å². The van der Waals surface area contributed by atoms with E-state index in [0.29, 0.717) is 18.0 Å². The average Bonchev–Trinajstić information content (AvgIpc) is 2.47. The summed E-state index contributed by atoms with van der Waals surface area (Å²) in [7, 11) is 0. The zero-order chi connectivity index (χ0) is 16.4. The van der Waals surface area contributed by atoms with Crippen LogP contribution in [0.4, 0.5) is 0 Å². The van der Waals surface area contributed by atoms with Crippen molar-refractivity contribution >= 4 is 17.0 Å². The Morgan fingerprint density at radius 3 is 2.68 bits per heavy atom. The Labute approximate surface area is 136 Å². The second kappa shape index (κ2) is 10.6. The highest BCUT2D eigenvalue weighted by Gasteiger charge is 2.21. The fourth-order valence-electron chi connectivity index (χ4n) is 2.11. The van der Waals surface area contributed by atoms with Gasteiger partial charge < -0.3 is 20.7 Å². The van der Waals surface area contributed by atoms with E-state index in [1.807, 2.05) is 30.3 Å². The van der Waals surface area contributed by atoms with Crippen molar-refractivity contribution in [3.05, 3.63) is 35.9 Å². The molecule has 1 aromatic carbocycles. The van der Waals surface area contributed by atoms with Crippen molar-refractivity contribution in [1.82, 2.24) is 5.32 Å². The van der Waals surface area contributed by atoms with Gasteiger partial charge in [-0.3, -0.25) is 5.41 Å². The van der Waals surface area contributed by atoms with Gasteiger partial charge in [0, 0.05) is 18.2 Å². The highest BCUT2D eigenvalue weighted by atomic mass is 32.2. The summed E-state index contributed by atoms with van der Waals surface area (Å²) in [5, 5.41) is 20.2. The summed E-state index contributed by atoms with van der Waals surface area (Å²) >= 11 is -1.11. The zero-order valence-electron chi connectivity index (χ0n) is 13.1. The molecule has 0 fully saturated rings. The SMILES string of the molecule is CC(=N)NCCCC[C@H](N)C(O)C[S+]([O-])Cc1ccccc1. The summed E-state index contributed by atoms with van der Waals surface area (Å²) in [4.78, 5) is 0. The standard InChI is InChI=1S/C16H27N3O2S/c1-13(17)19-10-6-5-9-15(18)16(20)12-22(21)11-14-7-3-2-4-8-14/h2-4,7-8,15-16,20H,5-6,9-12,18H2,1H3,(H2,17,19)/t15-,16?,22?/m0/s1. The Balaban J connectivity index is 2.19. The summed E-state index contributed by atoms with van der Waals surface area (Å²) in [6, 6.07) is 9.27. The highest BCUT2D eigenvalue weighted by Crippen LogP contribution is 2.10. The van der Waals surface area contributed by atoms with Gasteiger partial charge in [-0.05, 0) is 30.9 Å². The third-order valence-electron chi connectivity index (χ3n) is 3.38. The van der Waals surface area contributed by atoms with E-state index in [1.165, 1.54) is 0 Å². The van der Waals surface area contributed by atoms with Gasteiger partial charge in [-0.15, -0.1) is 0 Å². The number of hydrogen-bond acceptors (Lipinski definition) is 4. The Morgan fingerprint density at radius 1 is 1.36 bits per heavy atom. The maximum absolute atomic E-state index is 12.0. The molecule has 124 valence electrons. The summed E-state index contributed by atoms with van der Waals surface area (Å²) in [5.74, 6) is 1.13. The first-order chi connectivity index (χ1) is 10.5. The molecular formula is C16H27N3O2S. The molecule has 0 amide bonds. The third-order valence-corrected chi connectivity index (χ3v) is 4.74. The quantitative estimate of drug-likeness (QED) is 0.226. The van der Waals surface area contributed by atoms with E-state index in [-0.39, 0.29) is 11.8 Å². The first kappa shape index (κ1) is 19.0. The minimum Gasteiger partial charge on any atom is -0.616 e. The van der Waals surface area contributed by atoms with Crippen LogP contribution in [0.2, 0.25) is 0 Å². The lowest BCUT2D eigenvalue weighted by molar-refractivity contribution is 0.160. The molecule has 0 radical (unpaired) electrons. The Morgan fingerprint density at radius 2 is 2.05 bits per heavy atom. The first-order valence-electron chi connectivity index (χ1n) is 7.60. The average molecular weight is 325 g/mol. The van der Waals surface area contributed by atoms with Crippen LogP contribution in [0, 0.1) is 5.41 Å². The van der Waals surface area contributed by atoms with Gasteiger partial charge >= 0.3 is 0 Å². The smallest absolute Gasteiger partial charge is 0.133 e. The molecule has 1 aromatic rings. The third kappa shape index (κ3) is 8.38. The molecule has 0 aromatic heterocycles. The first-order valence-corrected chi connectivity index (χ1v) is 9.09. The molecule has 3 atom stereocenters. The molecule has 5 nitrogen and oxygen atoms in total. The van der Waals surface area contributed by atoms with Crippen LogP contribution in [-0.2, 0) is 16.9 Å². The second-order valence-corrected chi connectivity index (χ2v) is 7.02. The molecule has 22 heavy (non-hydrogen) atoms. The maximum Gasteiger partial charge on any atom is 0.133 e. The summed E-state index contributed by atoms with van der Waals surface area (Å²) in [6.45, 7) is 2.45. The van der Waals surface area contributed by atoms with E-state index < -0.39 is 17.3 Å². The fraction of sp³-hybridized carbons (Fsp3) is 0.562. The number of nitrogens with two attached hydrogens (primary N) is 1. The van der Waals surface area contributed by atoms with E-state index >= 15 is 0 Å². The van der Waals surface area contributed by atoms with E-state index in [0.717, 1.165) is 24.9 Å². The predicted molar refractivity (Wildman–Crippen MR) is 92.4 cm³/mol. The van der Waals surface area contributed by atoms with Gasteiger partial charge in [0.25, 0.3) is 0 Å². The van der Waals surface area contributed by atoms with Crippen molar-refractivity contribution < 1.29 is 9.66 Å². The molecule has 2 unspecified atom stereocenters. The molecular weight excluding hydrogens is 298 g/mol. The maximum atomic E-state index is 12.0. The van der Waals surface area contributed by atoms with E-state index in [1.54, 1.807) is 6.92 Å². The van der Waals surface area contributed by atoms with Crippen LogP contribution < -0.4 is 11.1 Å². The van der Waals surface area contributed by atoms with Crippen molar-refractivity contribution in [2.24, 2.45) is 5.73 Å². The number of unbranched alkanes of at least 4 members (excludes halogenated alkanes) is 1. The zero-order valence-corrected chi connectivity index (χ0v) is 13.9. The summed E-state index contributed by atoms with van der Waals surface area (Å²) in [6.07, 6.45) is 1.75. The summed E-state index contributed by atoms with van der Waals surface area (Å²) < 4.78 is 12.0. The molecule has 1 rings (SSSR count). The van der Waals surface area contributed by atoms with Crippen molar-refractivity contribution in [3.63, 3.8) is 0 Å². The molecule has 0 spiro atoms. The minimum absolute atomic E-state index is 0.216. The van der Waals surface area contributed by atoms with Gasteiger partial charge in [-0.2, -0.15) is 0 Å². The summed E-state index contributed by atoms with van der Waals surface area (Å²) in [5.41, 5.74) is 6.96. The van der Waals surface area contributed by atoms with E-state index in [2.05, 4.69) is 5.32 Å². The molecule has 0 aliphatic heterocycles. The molecule has 0 saturated carbocycles. The topological polar surface area (TPSA) is 105 Å². The lowest BCUT2D eigenvalue weighted by atomic mass is 10.1. The number of rotatable bonds is 10. The van der Waals surface area contributed by atoms with Crippen LogP contribution >= 0.6 is 0 Å². The highest BCUT2D eigenvalue weighted by molar-refractivity contribution is 7.90.